The second-order valence-electron chi connectivity index (χ2n) is 7.95. The summed E-state index contributed by atoms with van der Waals surface area (Å²) in [5, 5.41) is 15.0. The van der Waals surface area contributed by atoms with Gasteiger partial charge in [0.1, 0.15) is 0 Å². The second kappa shape index (κ2) is 6.03. The van der Waals surface area contributed by atoms with Crippen molar-refractivity contribution >= 4 is 22.5 Å². The molecule has 0 radical (unpaired) electrons. The summed E-state index contributed by atoms with van der Waals surface area (Å²) in [6, 6.07) is 2.29. The Hall–Kier alpha value is -1.61. The molecule has 1 aromatic rings. The molecule has 24 heavy (non-hydrogen) atoms. The molecule has 3 atom stereocenters. The van der Waals surface area contributed by atoms with Crippen LogP contribution in [0.1, 0.15) is 57.1 Å². The Morgan fingerprint density at radius 1 is 1.42 bits per heavy atom. The van der Waals surface area contributed by atoms with Gasteiger partial charge in [-0.05, 0) is 50.9 Å². The first-order valence-electron chi connectivity index (χ1n) is 8.99. The lowest BCUT2D eigenvalue weighted by atomic mass is 9.82. The molecule has 4 rings (SSSR count). The van der Waals surface area contributed by atoms with E-state index in [1.54, 1.807) is 4.90 Å². The molecule has 0 spiro atoms. The molecule has 128 valence electrons. The van der Waals surface area contributed by atoms with E-state index in [-0.39, 0.29) is 11.4 Å². The Bertz CT molecular complexity index is 671. The summed E-state index contributed by atoms with van der Waals surface area (Å²) in [5.41, 5.74) is 0.894. The summed E-state index contributed by atoms with van der Waals surface area (Å²) in [5.74, 6) is 2.32. The van der Waals surface area contributed by atoms with Crippen molar-refractivity contribution in [1.82, 2.24) is 9.88 Å². The van der Waals surface area contributed by atoms with Crippen molar-refractivity contribution < 1.29 is 4.79 Å². The first-order valence-corrected chi connectivity index (χ1v) is 9.87. The predicted molar refractivity (Wildman–Crippen MR) is 93.8 cm³/mol. The summed E-state index contributed by atoms with van der Waals surface area (Å²) < 4.78 is 0. The quantitative estimate of drug-likeness (QED) is 0.874. The number of urea groups is 1. The molecule has 1 aliphatic heterocycles. The lowest BCUT2D eigenvalue weighted by Crippen LogP contribution is -2.43. The van der Waals surface area contributed by atoms with E-state index in [1.807, 2.05) is 6.92 Å². The zero-order chi connectivity index (χ0) is 16.7. The van der Waals surface area contributed by atoms with E-state index in [9.17, 15) is 10.1 Å². The van der Waals surface area contributed by atoms with E-state index < -0.39 is 0 Å². The highest BCUT2D eigenvalue weighted by Gasteiger charge is 2.41. The van der Waals surface area contributed by atoms with Crippen LogP contribution >= 0.6 is 11.3 Å². The number of rotatable bonds is 2. The van der Waals surface area contributed by atoms with E-state index in [0.717, 1.165) is 24.7 Å². The molecule has 3 fully saturated rings. The van der Waals surface area contributed by atoms with Crippen molar-refractivity contribution in [2.45, 2.75) is 51.4 Å². The number of anilines is 1. The first-order chi connectivity index (χ1) is 11.6. The van der Waals surface area contributed by atoms with Gasteiger partial charge in [0, 0.05) is 24.4 Å². The van der Waals surface area contributed by atoms with Gasteiger partial charge in [0.2, 0.25) is 0 Å². The van der Waals surface area contributed by atoms with Gasteiger partial charge in [-0.15, -0.1) is 11.3 Å². The maximum absolute atomic E-state index is 12.4. The normalized spacial score (nSPS) is 31.0. The monoisotopic (exact) mass is 344 g/mol. The molecule has 2 bridgehead atoms. The van der Waals surface area contributed by atoms with Crippen molar-refractivity contribution in [3.05, 3.63) is 11.1 Å². The van der Waals surface area contributed by atoms with Gasteiger partial charge in [0.05, 0.1) is 17.2 Å². The van der Waals surface area contributed by atoms with Crippen molar-refractivity contribution in [2.75, 3.05) is 18.4 Å². The fourth-order valence-corrected chi connectivity index (χ4v) is 5.37. The van der Waals surface area contributed by atoms with Gasteiger partial charge < -0.3 is 4.90 Å². The van der Waals surface area contributed by atoms with Crippen LogP contribution in [-0.4, -0.2) is 29.0 Å². The number of nitrogens with one attached hydrogen (secondary N) is 1. The van der Waals surface area contributed by atoms with Crippen LogP contribution in [-0.2, 0) is 0 Å². The SMILES string of the molecule is CC1(C#N)CCN(C(=O)Nc2nc([C@@H]3C[C@H]4CC[C@H]3C4)cs2)CC1. The lowest BCUT2D eigenvalue weighted by Gasteiger charge is -2.34. The molecular weight excluding hydrogens is 320 g/mol. The molecule has 0 aromatic carbocycles. The Kier molecular flexibility index (Phi) is 4.00. The van der Waals surface area contributed by atoms with Gasteiger partial charge >= 0.3 is 6.03 Å². The Balaban J connectivity index is 1.35. The maximum atomic E-state index is 12.4. The van der Waals surface area contributed by atoms with Gasteiger partial charge in [-0.3, -0.25) is 5.32 Å². The zero-order valence-corrected chi connectivity index (χ0v) is 14.9. The maximum Gasteiger partial charge on any atom is 0.323 e. The van der Waals surface area contributed by atoms with Crippen molar-refractivity contribution in [2.24, 2.45) is 17.3 Å². The molecule has 2 heterocycles. The van der Waals surface area contributed by atoms with E-state index in [2.05, 4.69) is 16.8 Å². The van der Waals surface area contributed by atoms with E-state index >= 15 is 0 Å². The number of nitriles is 1. The van der Waals surface area contributed by atoms with E-state index in [0.29, 0.717) is 24.1 Å². The Labute approximate surface area is 147 Å². The van der Waals surface area contributed by atoms with E-state index in [1.165, 1.54) is 42.7 Å². The van der Waals surface area contributed by atoms with Crippen molar-refractivity contribution in [3.63, 3.8) is 0 Å². The number of piperidine rings is 1. The van der Waals surface area contributed by atoms with Crippen LogP contribution in [0, 0.1) is 28.6 Å². The molecule has 2 aliphatic carbocycles. The fraction of sp³-hybridized carbons (Fsp3) is 0.722. The number of aromatic nitrogens is 1. The summed E-state index contributed by atoms with van der Waals surface area (Å²) >= 11 is 1.54. The molecular formula is C18H24N4OS. The standard InChI is InChI=1S/C18H24N4OS/c1-18(11-19)4-6-22(7-5-18)17(23)21-16-20-15(10-24-16)14-9-12-2-3-13(14)8-12/h10,12-14H,2-9H2,1H3,(H,20,21,23)/t12-,13-,14+/m0/s1. The molecule has 1 N–H and O–H groups in total. The number of amides is 2. The third-order valence-electron chi connectivity index (χ3n) is 6.28. The number of hydrogen-bond donors (Lipinski definition) is 1. The van der Waals surface area contributed by atoms with Crippen LogP contribution < -0.4 is 5.32 Å². The highest BCUT2D eigenvalue weighted by atomic mass is 32.1. The Morgan fingerprint density at radius 3 is 2.83 bits per heavy atom. The first kappa shape index (κ1) is 15.9. The van der Waals surface area contributed by atoms with Crippen LogP contribution in [0.25, 0.3) is 0 Å². The number of likely N-dealkylation sites (tertiary alicyclic amines) is 1. The molecule has 2 amide bonds. The van der Waals surface area contributed by atoms with Gasteiger partial charge in [-0.1, -0.05) is 6.42 Å². The van der Waals surface area contributed by atoms with Gasteiger partial charge in [0.25, 0.3) is 0 Å². The van der Waals surface area contributed by atoms with Crippen LogP contribution in [0.5, 0.6) is 0 Å². The number of hydrogen-bond acceptors (Lipinski definition) is 4. The highest BCUT2D eigenvalue weighted by Crippen LogP contribution is 2.53. The van der Waals surface area contributed by atoms with Gasteiger partial charge in [0.15, 0.2) is 5.13 Å². The summed E-state index contributed by atoms with van der Waals surface area (Å²) in [4.78, 5) is 18.9. The molecule has 1 aromatic heterocycles. The van der Waals surface area contributed by atoms with Crippen LogP contribution in [0.4, 0.5) is 9.93 Å². The molecule has 0 unspecified atom stereocenters. The lowest BCUT2D eigenvalue weighted by molar-refractivity contribution is 0.166. The number of carbonyl (C=O) groups excluding carboxylic acids is 1. The molecule has 3 aliphatic rings. The molecule has 5 nitrogen and oxygen atoms in total. The third kappa shape index (κ3) is 2.90. The number of nitrogens with zero attached hydrogens (tertiary/aromatic N) is 3. The molecule has 2 saturated carbocycles. The summed E-state index contributed by atoms with van der Waals surface area (Å²) in [7, 11) is 0. The fourth-order valence-electron chi connectivity index (χ4n) is 4.61. The van der Waals surface area contributed by atoms with Gasteiger partial charge in [-0.25, -0.2) is 9.78 Å². The highest BCUT2D eigenvalue weighted by molar-refractivity contribution is 7.13. The van der Waals surface area contributed by atoms with E-state index in [4.69, 9.17) is 4.98 Å². The number of thiazole rings is 1. The van der Waals surface area contributed by atoms with Crippen molar-refractivity contribution in [3.8, 4) is 6.07 Å². The van der Waals surface area contributed by atoms with Crippen LogP contribution in [0.3, 0.4) is 0 Å². The largest absolute Gasteiger partial charge is 0.324 e. The van der Waals surface area contributed by atoms with Crippen LogP contribution in [0.2, 0.25) is 0 Å². The van der Waals surface area contributed by atoms with Gasteiger partial charge in [-0.2, -0.15) is 5.26 Å². The average molecular weight is 344 g/mol. The minimum Gasteiger partial charge on any atom is -0.324 e. The topological polar surface area (TPSA) is 69.0 Å². The second-order valence-corrected chi connectivity index (χ2v) is 8.81. The summed E-state index contributed by atoms with van der Waals surface area (Å²) in [6.07, 6.45) is 6.87. The van der Waals surface area contributed by atoms with Crippen LogP contribution in [0.15, 0.2) is 5.38 Å². The number of carbonyl (C=O) groups is 1. The predicted octanol–water partition coefficient (Wildman–Crippen LogP) is 4.20. The molecule has 1 saturated heterocycles. The zero-order valence-electron chi connectivity index (χ0n) is 14.1. The average Bonchev–Trinajstić information content (AvgIpc) is 3.31. The molecule has 6 heteroatoms. The Morgan fingerprint density at radius 2 is 2.21 bits per heavy atom. The summed E-state index contributed by atoms with van der Waals surface area (Å²) in [6.45, 7) is 3.26. The number of fused-ring (bicyclic) bond motifs is 2. The minimum absolute atomic E-state index is 0.0798. The smallest absolute Gasteiger partial charge is 0.323 e. The van der Waals surface area contributed by atoms with Crippen molar-refractivity contribution in [1.29, 1.82) is 5.26 Å². The minimum atomic E-state index is -0.285. The third-order valence-corrected chi connectivity index (χ3v) is 7.05.